The molecule has 4 rings (SSSR count). The number of hydrogen-bond acceptors (Lipinski definition) is 3. The summed E-state index contributed by atoms with van der Waals surface area (Å²) in [4.78, 5) is 12.4. The molecule has 0 unspecified atom stereocenters. The highest BCUT2D eigenvalue weighted by Crippen LogP contribution is 2.33. The zero-order valence-electron chi connectivity index (χ0n) is 13.3. The van der Waals surface area contributed by atoms with Crippen molar-refractivity contribution in [2.24, 2.45) is 5.10 Å². The van der Waals surface area contributed by atoms with Gasteiger partial charge in [0, 0.05) is 16.1 Å². The lowest BCUT2D eigenvalue weighted by molar-refractivity contribution is 0.0949. The van der Waals surface area contributed by atoms with Crippen LogP contribution in [0, 0.1) is 0 Å². The Hall–Kier alpha value is -2.92. The number of benzene rings is 2. The molecule has 1 aromatic heterocycles. The minimum absolute atomic E-state index is 0.293. The summed E-state index contributed by atoms with van der Waals surface area (Å²) in [6.45, 7) is 0. The average molecular weight is 351 g/mol. The van der Waals surface area contributed by atoms with Crippen molar-refractivity contribution < 1.29 is 4.79 Å². The number of hydrogen-bond donors (Lipinski definition) is 2. The fourth-order valence-electron chi connectivity index (χ4n) is 3.02. The van der Waals surface area contributed by atoms with E-state index in [1.165, 1.54) is 5.56 Å². The summed E-state index contributed by atoms with van der Waals surface area (Å²) >= 11 is 5.84. The number of hydrazone groups is 1. The van der Waals surface area contributed by atoms with Crippen LogP contribution >= 0.6 is 11.6 Å². The molecule has 6 heteroatoms. The molecule has 5 nitrogen and oxygen atoms in total. The van der Waals surface area contributed by atoms with Gasteiger partial charge < -0.3 is 0 Å². The van der Waals surface area contributed by atoms with Crippen molar-refractivity contribution >= 4 is 23.7 Å². The number of carbonyl (C=O) groups excluding carboxylic acids is 1. The van der Waals surface area contributed by atoms with Crippen LogP contribution in [0.25, 0.3) is 11.3 Å². The molecule has 0 saturated heterocycles. The maximum absolute atomic E-state index is 12.4. The van der Waals surface area contributed by atoms with Crippen molar-refractivity contribution in [3.63, 3.8) is 0 Å². The molecule has 2 N–H and O–H groups in total. The number of rotatable bonds is 3. The largest absolute Gasteiger partial charge is 0.289 e. The monoisotopic (exact) mass is 350 g/mol. The predicted octanol–water partition coefficient (Wildman–Crippen LogP) is 3.59. The van der Waals surface area contributed by atoms with E-state index < -0.39 is 0 Å². The van der Waals surface area contributed by atoms with Crippen LogP contribution in [0.2, 0.25) is 5.02 Å². The van der Waals surface area contributed by atoms with Crippen LogP contribution in [0.5, 0.6) is 0 Å². The molecule has 3 aromatic rings. The number of carbonyl (C=O) groups is 1. The average Bonchev–Trinajstić information content (AvgIpc) is 3.08. The predicted molar refractivity (Wildman–Crippen MR) is 97.9 cm³/mol. The molecule has 2 aromatic carbocycles. The molecule has 25 heavy (non-hydrogen) atoms. The summed E-state index contributed by atoms with van der Waals surface area (Å²) in [5.41, 5.74) is 8.01. The van der Waals surface area contributed by atoms with Crippen LogP contribution < -0.4 is 5.43 Å². The van der Waals surface area contributed by atoms with E-state index in [0.717, 1.165) is 35.2 Å². The summed E-state index contributed by atoms with van der Waals surface area (Å²) < 4.78 is 0. The number of nitrogens with zero attached hydrogens (tertiary/aromatic N) is 2. The Balaban J connectivity index is 1.53. The van der Waals surface area contributed by atoms with Gasteiger partial charge in [-0.05, 0) is 36.1 Å². The Bertz CT molecular complexity index is 960. The highest BCUT2D eigenvalue weighted by atomic mass is 35.5. The highest BCUT2D eigenvalue weighted by molar-refractivity contribution is 6.30. The molecular weight excluding hydrogens is 336 g/mol. The normalized spacial score (nSPS) is 12.7. The van der Waals surface area contributed by atoms with E-state index >= 15 is 0 Å². The van der Waals surface area contributed by atoms with E-state index in [9.17, 15) is 4.79 Å². The van der Waals surface area contributed by atoms with Gasteiger partial charge in [-0.2, -0.15) is 10.2 Å². The number of fused-ring (bicyclic) bond motifs is 3. The molecular formula is C19H15ClN4O. The topological polar surface area (TPSA) is 70.1 Å². The van der Waals surface area contributed by atoms with E-state index in [2.05, 4.69) is 26.8 Å². The highest BCUT2D eigenvalue weighted by Gasteiger charge is 2.24. The van der Waals surface area contributed by atoms with E-state index in [-0.39, 0.29) is 5.91 Å². The van der Waals surface area contributed by atoms with Gasteiger partial charge in [-0.25, -0.2) is 5.43 Å². The van der Waals surface area contributed by atoms with Crippen molar-refractivity contribution in [2.45, 2.75) is 12.8 Å². The fraction of sp³-hybridized carbons (Fsp3) is 0.105. The van der Waals surface area contributed by atoms with E-state index in [1.54, 1.807) is 18.3 Å². The zero-order chi connectivity index (χ0) is 17.2. The maximum Gasteiger partial charge on any atom is 0.289 e. The lowest BCUT2D eigenvalue weighted by atomic mass is 9.89. The summed E-state index contributed by atoms with van der Waals surface area (Å²) in [6, 6.07) is 15.3. The van der Waals surface area contributed by atoms with Crippen molar-refractivity contribution in [3.05, 3.63) is 75.9 Å². The van der Waals surface area contributed by atoms with Crippen LogP contribution in [0.1, 0.15) is 27.2 Å². The van der Waals surface area contributed by atoms with Crippen LogP contribution in [-0.2, 0) is 12.8 Å². The van der Waals surface area contributed by atoms with Crippen LogP contribution in [0.4, 0.5) is 0 Å². The second-order valence-corrected chi connectivity index (χ2v) is 6.27. The Morgan fingerprint density at radius 3 is 2.80 bits per heavy atom. The first kappa shape index (κ1) is 15.6. The first-order chi connectivity index (χ1) is 12.2. The molecule has 1 amide bonds. The van der Waals surface area contributed by atoms with E-state index in [4.69, 9.17) is 11.6 Å². The number of aromatic amines is 1. The van der Waals surface area contributed by atoms with E-state index in [0.29, 0.717) is 10.7 Å². The summed E-state index contributed by atoms with van der Waals surface area (Å²) in [5, 5.41) is 11.9. The number of H-pyrrole nitrogens is 1. The number of amides is 1. The summed E-state index contributed by atoms with van der Waals surface area (Å²) in [5.74, 6) is -0.293. The molecule has 1 heterocycles. The first-order valence-electron chi connectivity index (χ1n) is 7.97. The molecule has 0 atom stereocenters. The van der Waals surface area contributed by atoms with Gasteiger partial charge in [0.25, 0.3) is 5.91 Å². The lowest BCUT2D eigenvalue weighted by Crippen LogP contribution is -2.20. The second-order valence-electron chi connectivity index (χ2n) is 5.83. The van der Waals surface area contributed by atoms with Gasteiger partial charge in [-0.15, -0.1) is 0 Å². The quantitative estimate of drug-likeness (QED) is 0.559. The Kier molecular flexibility index (Phi) is 4.07. The van der Waals surface area contributed by atoms with Gasteiger partial charge in [0.15, 0.2) is 0 Å². The molecule has 124 valence electrons. The minimum Gasteiger partial charge on any atom is -0.272 e. The molecule has 0 saturated carbocycles. The second kappa shape index (κ2) is 6.53. The summed E-state index contributed by atoms with van der Waals surface area (Å²) in [7, 11) is 0. The van der Waals surface area contributed by atoms with Gasteiger partial charge in [-0.1, -0.05) is 48.0 Å². The van der Waals surface area contributed by atoms with Gasteiger partial charge in [-0.3, -0.25) is 9.89 Å². The van der Waals surface area contributed by atoms with Crippen molar-refractivity contribution in [1.29, 1.82) is 0 Å². The third kappa shape index (κ3) is 3.06. The lowest BCUT2D eigenvalue weighted by Gasteiger charge is -2.15. The van der Waals surface area contributed by atoms with Crippen molar-refractivity contribution in [2.75, 3.05) is 0 Å². The SMILES string of the molecule is O=C(N/N=C\c1ccc(Cl)cc1)c1[nH]nc2c1CCc1ccccc1-2. The Morgan fingerprint density at radius 1 is 1.16 bits per heavy atom. The van der Waals surface area contributed by atoms with Gasteiger partial charge >= 0.3 is 0 Å². The van der Waals surface area contributed by atoms with Gasteiger partial charge in [0.2, 0.25) is 0 Å². The zero-order valence-corrected chi connectivity index (χ0v) is 14.0. The molecule has 1 aliphatic rings. The third-order valence-corrected chi connectivity index (χ3v) is 4.51. The van der Waals surface area contributed by atoms with Crippen LogP contribution in [0.3, 0.4) is 0 Å². The molecule has 0 radical (unpaired) electrons. The van der Waals surface area contributed by atoms with Gasteiger partial charge in [0.1, 0.15) is 5.69 Å². The Labute approximate surface area is 149 Å². The maximum atomic E-state index is 12.4. The van der Waals surface area contributed by atoms with Crippen LogP contribution in [0.15, 0.2) is 53.6 Å². The molecule has 0 aliphatic heterocycles. The first-order valence-corrected chi connectivity index (χ1v) is 8.34. The molecule has 0 spiro atoms. The number of aryl methyl sites for hydroxylation is 1. The van der Waals surface area contributed by atoms with Crippen molar-refractivity contribution in [3.8, 4) is 11.3 Å². The Morgan fingerprint density at radius 2 is 1.96 bits per heavy atom. The smallest absolute Gasteiger partial charge is 0.272 e. The fourth-order valence-corrected chi connectivity index (χ4v) is 3.14. The van der Waals surface area contributed by atoms with Crippen LogP contribution in [-0.4, -0.2) is 22.3 Å². The minimum atomic E-state index is -0.293. The number of halogens is 1. The number of nitrogens with one attached hydrogen (secondary N) is 2. The van der Waals surface area contributed by atoms with Gasteiger partial charge in [0.05, 0.1) is 11.9 Å². The third-order valence-electron chi connectivity index (χ3n) is 4.26. The van der Waals surface area contributed by atoms with Crippen molar-refractivity contribution in [1.82, 2.24) is 15.6 Å². The number of aromatic nitrogens is 2. The molecule has 1 aliphatic carbocycles. The standard InChI is InChI=1S/C19H15ClN4O/c20-14-8-5-12(6-9-14)11-21-24-19(25)18-16-10-7-13-3-1-2-4-15(13)17(16)22-23-18/h1-6,8-9,11H,7,10H2,(H,22,23)(H,24,25)/b21-11-. The molecule has 0 bridgehead atoms. The summed E-state index contributed by atoms with van der Waals surface area (Å²) in [6.07, 6.45) is 3.26. The van der Waals surface area contributed by atoms with E-state index in [1.807, 2.05) is 30.3 Å². The molecule has 0 fully saturated rings.